The van der Waals surface area contributed by atoms with Gasteiger partial charge in [-0.2, -0.15) is 0 Å². The van der Waals surface area contributed by atoms with Crippen molar-refractivity contribution < 1.29 is 0 Å². The molecule has 0 nitrogen and oxygen atoms in total. The third-order valence-corrected chi connectivity index (χ3v) is 7.15. The summed E-state index contributed by atoms with van der Waals surface area (Å²) in [6, 6.07) is 52.9. The van der Waals surface area contributed by atoms with Crippen LogP contribution in [0.3, 0.4) is 0 Å². The maximum absolute atomic E-state index is 2.34. The van der Waals surface area contributed by atoms with Crippen molar-refractivity contribution in [1.82, 2.24) is 0 Å². The largest absolute Gasteiger partial charge is 0.0622 e. The van der Waals surface area contributed by atoms with Gasteiger partial charge in [0, 0.05) is 0 Å². The second-order valence-electron chi connectivity index (χ2n) is 10.1. The fourth-order valence-corrected chi connectivity index (χ4v) is 5.09. The highest BCUT2D eigenvalue weighted by atomic mass is 14.2. The predicted octanol–water partition coefficient (Wildman–Crippen LogP) is 10.6. The van der Waals surface area contributed by atoms with E-state index in [2.05, 4.69) is 159 Å². The summed E-state index contributed by atoms with van der Waals surface area (Å²) in [4.78, 5) is 0. The molecule has 0 unspecified atom stereocenters. The van der Waals surface area contributed by atoms with Crippen molar-refractivity contribution in [3.63, 3.8) is 0 Å². The number of hydrogen-bond acceptors (Lipinski definition) is 0. The molecule has 6 aromatic carbocycles. The summed E-state index contributed by atoms with van der Waals surface area (Å²) < 4.78 is 0. The zero-order chi connectivity index (χ0) is 25.9. The predicted molar refractivity (Wildman–Crippen MR) is 163 cm³/mol. The molecule has 38 heavy (non-hydrogen) atoms. The summed E-state index contributed by atoms with van der Waals surface area (Å²) in [6.07, 6.45) is 0. The van der Waals surface area contributed by atoms with Crippen LogP contribution in [0.2, 0.25) is 0 Å². The lowest BCUT2D eigenvalue weighted by Crippen LogP contribution is -1.89. The molecule has 0 aliphatic rings. The van der Waals surface area contributed by atoms with Crippen LogP contribution in [0.15, 0.2) is 146 Å². The lowest BCUT2D eigenvalue weighted by molar-refractivity contribution is 1.46. The molecular weight excluding hydrogens is 456 g/mol. The van der Waals surface area contributed by atoms with E-state index in [1.54, 1.807) is 0 Å². The Morgan fingerprint density at radius 2 is 0.605 bits per heavy atom. The Hall–Kier alpha value is -4.68. The molecule has 0 atom stereocenters. The highest BCUT2D eigenvalue weighted by Crippen LogP contribution is 2.37. The highest BCUT2D eigenvalue weighted by Gasteiger charge is 2.11. The first kappa shape index (κ1) is 23.7. The number of aryl methyl sites for hydroxylation is 2. The van der Waals surface area contributed by atoms with Crippen molar-refractivity contribution in [2.45, 2.75) is 13.8 Å². The van der Waals surface area contributed by atoms with Crippen LogP contribution in [0.1, 0.15) is 11.1 Å². The number of rotatable bonds is 5. The Morgan fingerprint density at radius 1 is 0.237 bits per heavy atom. The molecule has 0 aliphatic carbocycles. The lowest BCUT2D eigenvalue weighted by atomic mass is 9.89. The van der Waals surface area contributed by atoms with Crippen molar-refractivity contribution in [3.05, 3.63) is 157 Å². The maximum Gasteiger partial charge on any atom is -0.0171 e. The molecule has 182 valence electrons. The molecule has 0 heterocycles. The van der Waals surface area contributed by atoms with Gasteiger partial charge >= 0.3 is 0 Å². The molecule has 0 N–H and O–H groups in total. The molecule has 0 aliphatic heterocycles. The van der Waals surface area contributed by atoms with Gasteiger partial charge in [0.05, 0.1) is 0 Å². The number of benzene rings is 6. The van der Waals surface area contributed by atoms with E-state index in [0.29, 0.717) is 0 Å². The van der Waals surface area contributed by atoms with Gasteiger partial charge in [-0.3, -0.25) is 0 Å². The topological polar surface area (TPSA) is 0 Å². The summed E-state index contributed by atoms with van der Waals surface area (Å²) in [5.74, 6) is 0. The van der Waals surface area contributed by atoms with Crippen LogP contribution in [-0.2, 0) is 0 Å². The van der Waals surface area contributed by atoms with Crippen LogP contribution in [0, 0.1) is 13.8 Å². The van der Waals surface area contributed by atoms with Crippen molar-refractivity contribution in [2.75, 3.05) is 0 Å². The van der Waals surface area contributed by atoms with E-state index < -0.39 is 0 Å². The number of hydrogen-bond donors (Lipinski definition) is 0. The molecule has 0 spiro atoms. The second kappa shape index (κ2) is 10.4. The van der Waals surface area contributed by atoms with Gasteiger partial charge in [0.15, 0.2) is 0 Å². The summed E-state index contributed by atoms with van der Waals surface area (Å²) in [5.41, 5.74) is 14.8. The van der Waals surface area contributed by atoms with Gasteiger partial charge in [0.1, 0.15) is 0 Å². The Morgan fingerprint density at radius 3 is 1.05 bits per heavy atom. The monoisotopic (exact) mass is 486 g/mol. The quantitative estimate of drug-likeness (QED) is 0.227. The minimum Gasteiger partial charge on any atom is -0.0622 e. The zero-order valence-corrected chi connectivity index (χ0v) is 21.9. The Kier molecular flexibility index (Phi) is 6.46. The van der Waals surface area contributed by atoms with Gasteiger partial charge in [-0.1, -0.05) is 120 Å². The molecule has 0 aromatic heterocycles. The van der Waals surface area contributed by atoms with Crippen LogP contribution in [-0.4, -0.2) is 0 Å². The first-order chi connectivity index (χ1) is 18.6. The van der Waals surface area contributed by atoms with Gasteiger partial charge in [0.25, 0.3) is 0 Å². The maximum atomic E-state index is 2.34. The molecule has 0 saturated heterocycles. The average Bonchev–Trinajstić information content (AvgIpc) is 2.98. The summed E-state index contributed by atoms with van der Waals surface area (Å²) in [6.45, 7) is 4.29. The van der Waals surface area contributed by atoms with E-state index in [4.69, 9.17) is 0 Å². The zero-order valence-electron chi connectivity index (χ0n) is 21.9. The van der Waals surface area contributed by atoms with Gasteiger partial charge in [-0.25, -0.2) is 0 Å². The fraction of sp³-hybridized carbons (Fsp3) is 0.0526. The second-order valence-corrected chi connectivity index (χ2v) is 10.1. The van der Waals surface area contributed by atoms with Crippen molar-refractivity contribution in [1.29, 1.82) is 0 Å². The fourth-order valence-electron chi connectivity index (χ4n) is 5.09. The molecule has 0 saturated carbocycles. The lowest BCUT2D eigenvalue weighted by Gasteiger charge is -2.15. The van der Waals surface area contributed by atoms with Gasteiger partial charge in [-0.15, -0.1) is 0 Å². The summed E-state index contributed by atoms with van der Waals surface area (Å²) in [7, 11) is 0. The smallest absolute Gasteiger partial charge is 0.0171 e. The van der Waals surface area contributed by atoms with Crippen molar-refractivity contribution in [2.24, 2.45) is 0 Å². The molecule has 0 heteroatoms. The van der Waals surface area contributed by atoms with Crippen LogP contribution >= 0.6 is 0 Å². The summed E-state index contributed by atoms with van der Waals surface area (Å²) >= 11 is 0. The van der Waals surface area contributed by atoms with Crippen LogP contribution < -0.4 is 0 Å². The van der Waals surface area contributed by atoms with E-state index in [1.807, 2.05) is 0 Å². The molecule has 0 fully saturated rings. The average molecular weight is 487 g/mol. The summed E-state index contributed by atoms with van der Waals surface area (Å²) in [5, 5.41) is 0. The SMILES string of the molecule is Cc1ccc(-c2cc(-c3ccccc3)cc(-c3cc(-c4ccccc4)cc(-c4cccc(C)c4)c3)c2)cc1. The molecule has 0 amide bonds. The van der Waals surface area contributed by atoms with Crippen LogP contribution in [0.5, 0.6) is 0 Å². The van der Waals surface area contributed by atoms with Gasteiger partial charge in [0.2, 0.25) is 0 Å². The minimum absolute atomic E-state index is 1.22. The van der Waals surface area contributed by atoms with Crippen molar-refractivity contribution in [3.8, 4) is 55.6 Å². The first-order valence-electron chi connectivity index (χ1n) is 13.2. The van der Waals surface area contributed by atoms with Crippen LogP contribution in [0.4, 0.5) is 0 Å². The Labute approximate surface area is 225 Å². The van der Waals surface area contributed by atoms with Crippen molar-refractivity contribution >= 4 is 0 Å². The van der Waals surface area contributed by atoms with Gasteiger partial charge in [-0.05, 0) is 106 Å². The first-order valence-corrected chi connectivity index (χ1v) is 13.2. The van der Waals surface area contributed by atoms with Crippen LogP contribution in [0.25, 0.3) is 55.6 Å². The van der Waals surface area contributed by atoms with E-state index >= 15 is 0 Å². The molecule has 0 bridgehead atoms. The van der Waals surface area contributed by atoms with Gasteiger partial charge < -0.3 is 0 Å². The molecular formula is C38H30. The third-order valence-electron chi connectivity index (χ3n) is 7.15. The Balaban J connectivity index is 1.58. The van der Waals surface area contributed by atoms with E-state index in [-0.39, 0.29) is 0 Å². The third kappa shape index (κ3) is 5.08. The normalized spacial score (nSPS) is 10.9. The Bertz CT molecular complexity index is 1690. The molecule has 6 rings (SSSR count). The molecule has 0 radical (unpaired) electrons. The van der Waals surface area contributed by atoms with E-state index in [0.717, 1.165) is 0 Å². The van der Waals surface area contributed by atoms with E-state index in [1.165, 1.54) is 66.8 Å². The highest BCUT2D eigenvalue weighted by molar-refractivity contribution is 5.86. The molecule has 6 aromatic rings. The minimum atomic E-state index is 1.22. The standard InChI is InChI=1S/C38H30/c1-27-16-18-31(19-17-27)35-21-33(29-11-5-3-6-12-29)23-37(25-35)38-24-34(30-13-7-4-8-14-30)22-36(26-38)32-15-9-10-28(2)20-32/h3-26H,1-2H3. The van der Waals surface area contributed by atoms with E-state index in [9.17, 15) is 0 Å².